The molecule has 1 amide bonds. The van der Waals surface area contributed by atoms with E-state index >= 15 is 0 Å². The van der Waals surface area contributed by atoms with Crippen molar-refractivity contribution >= 4 is 11.6 Å². The smallest absolute Gasteiger partial charge is 0.253 e. The Kier molecular flexibility index (Phi) is 3.71. The predicted molar refractivity (Wildman–Crippen MR) is 74.9 cm³/mol. The lowest BCUT2D eigenvalue weighted by molar-refractivity contribution is 0.0951. The Morgan fingerprint density at radius 2 is 2.05 bits per heavy atom. The summed E-state index contributed by atoms with van der Waals surface area (Å²) in [5.41, 5.74) is 8.51. The number of nitrogen functional groups attached to an aromatic ring is 1. The zero-order valence-corrected chi connectivity index (χ0v) is 10.7. The van der Waals surface area contributed by atoms with Crippen LogP contribution in [0.15, 0.2) is 42.5 Å². The average Bonchev–Trinajstić information content (AvgIpc) is 2.39. The first kappa shape index (κ1) is 13.0. The standard InChI is InChI=1S/C15H16N2O2/c1-10-3-2-4-11(7-10)9-17-15(19)13-8-12(18)5-6-14(13)16/h2-8,18H,9,16H2,1H3,(H,17,19). The number of carbonyl (C=O) groups excluding carboxylic acids is 1. The van der Waals surface area contributed by atoms with Gasteiger partial charge >= 0.3 is 0 Å². The topological polar surface area (TPSA) is 75.3 Å². The molecule has 0 saturated heterocycles. The highest BCUT2D eigenvalue weighted by Gasteiger charge is 2.10. The minimum absolute atomic E-state index is 0.0231. The summed E-state index contributed by atoms with van der Waals surface area (Å²) in [5.74, 6) is -0.273. The molecule has 0 aromatic heterocycles. The maximum Gasteiger partial charge on any atom is 0.253 e. The lowest BCUT2D eigenvalue weighted by atomic mass is 10.1. The molecule has 0 aliphatic carbocycles. The Labute approximate surface area is 111 Å². The fourth-order valence-corrected chi connectivity index (χ4v) is 1.84. The minimum atomic E-state index is -0.296. The van der Waals surface area contributed by atoms with Gasteiger partial charge in [-0.25, -0.2) is 0 Å². The number of phenols is 1. The van der Waals surface area contributed by atoms with E-state index in [0.29, 0.717) is 12.2 Å². The van der Waals surface area contributed by atoms with Crippen molar-refractivity contribution in [3.8, 4) is 5.75 Å². The van der Waals surface area contributed by atoms with Gasteiger partial charge in [0.15, 0.2) is 0 Å². The lowest BCUT2D eigenvalue weighted by Crippen LogP contribution is -2.23. The van der Waals surface area contributed by atoms with Crippen molar-refractivity contribution in [2.45, 2.75) is 13.5 Å². The second-order valence-corrected chi connectivity index (χ2v) is 4.44. The first-order valence-corrected chi connectivity index (χ1v) is 5.98. The van der Waals surface area contributed by atoms with Crippen molar-refractivity contribution in [3.05, 3.63) is 59.2 Å². The van der Waals surface area contributed by atoms with Crippen LogP contribution in [0.5, 0.6) is 5.75 Å². The van der Waals surface area contributed by atoms with Gasteiger partial charge in [0.05, 0.1) is 5.56 Å². The molecule has 0 aliphatic rings. The molecule has 0 atom stereocenters. The van der Waals surface area contributed by atoms with E-state index in [1.54, 1.807) is 0 Å². The fourth-order valence-electron chi connectivity index (χ4n) is 1.84. The molecule has 2 aromatic rings. The lowest BCUT2D eigenvalue weighted by Gasteiger charge is -2.08. The van der Waals surface area contributed by atoms with Gasteiger partial charge in [-0.1, -0.05) is 29.8 Å². The van der Waals surface area contributed by atoms with Crippen LogP contribution >= 0.6 is 0 Å². The summed E-state index contributed by atoms with van der Waals surface area (Å²) in [6.07, 6.45) is 0. The number of nitrogens with two attached hydrogens (primary N) is 1. The number of benzene rings is 2. The Balaban J connectivity index is 2.07. The molecule has 98 valence electrons. The van der Waals surface area contributed by atoms with Crippen LogP contribution in [0.1, 0.15) is 21.5 Å². The van der Waals surface area contributed by atoms with Gasteiger partial charge in [-0.2, -0.15) is 0 Å². The number of hydrogen-bond donors (Lipinski definition) is 3. The largest absolute Gasteiger partial charge is 0.508 e. The molecule has 4 N–H and O–H groups in total. The van der Waals surface area contributed by atoms with E-state index in [1.165, 1.54) is 18.2 Å². The second kappa shape index (κ2) is 5.44. The normalized spacial score (nSPS) is 10.2. The van der Waals surface area contributed by atoms with Crippen LogP contribution in [-0.4, -0.2) is 11.0 Å². The zero-order valence-electron chi connectivity index (χ0n) is 10.7. The highest BCUT2D eigenvalue weighted by Crippen LogP contribution is 2.18. The highest BCUT2D eigenvalue weighted by molar-refractivity contribution is 5.99. The molecule has 4 heteroatoms. The van der Waals surface area contributed by atoms with Gasteiger partial charge in [0, 0.05) is 12.2 Å². The Hall–Kier alpha value is -2.49. The molecule has 0 unspecified atom stereocenters. The number of aromatic hydroxyl groups is 1. The number of anilines is 1. The van der Waals surface area contributed by atoms with Crippen molar-refractivity contribution in [1.82, 2.24) is 5.32 Å². The summed E-state index contributed by atoms with van der Waals surface area (Å²) in [4.78, 5) is 12.0. The van der Waals surface area contributed by atoms with Crippen LogP contribution < -0.4 is 11.1 Å². The third kappa shape index (κ3) is 3.25. The van der Waals surface area contributed by atoms with Gasteiger partial charge in [0.2, 0.25) is 0 Å². The van der Waals surface area contributed by atoms with Gasteiger partial charge in [-0.05, 0) is 30.7 Å². The van der Waals surface area contributed by atoms with Gasteiger partial charge in [0.25, 0.3) is 5.91 Å². The molecule has 0 aliphatic heterocycles. The van der Waals surface area contributed by atoms with E-state index in [0.717, 1.165) is 11.1 Å². The van der Waals surface area contributed by atoms with Crippen molar-refractivity contribution in [1.29, 1.82) is 0 Å². The van der Waals surface area contributed by atoms with Crippen molar-refractivity contribution in [2.24, 2.45) is 0 Å². The second-order valence-electron chi connectivity index (χ2n) is 4.44. The summed E-state index contributed by atoms with van der Waals surface area (Å²) >= 11 is 0. The molecule has 0 fully saturated rings. The summed E-state index contributed by atoms with van der Waals surface area (Å²) < 4.78 is 0. The number of hydrogen-bond acceptors (Lipinski definition) is 3. The van der Waals surface area contributed by atoms with Gasteiger partial charge in [-0.15, -0.1) is 0 Å². The SMILES string of the molecule is Cc1cccc(CNC(=O)c2cc(O)ccc2N)c1. The number of carbonyl (C=O) groups is 1. The quantitative estimate of drug-likeness (QED) is 0.582. The maximum atomic E-state index is 12.0. The average molecular weight is 256 g/mol. The Bertz CT molecular complexity index is 609. The molecule has 0 heterocycles. The van der Waals surface area contributed by atoms with Crippen LogP contribution in [0.4, 0.5) is 5.69 Å². The van der Waals surface area contributed by atoms with Crippen molar-refractivity contribution in [2.75, 3.05) is 5.73 Å². The molecule has 0 spiro atoms. The summed E-state index contributed by atoms with van der Waals surface area (Å²) in [6, 6.07) is 12.2. The molecule has 19 heavy (non-hydrogen) atoms. The predicted octanol–water partition coefficient (Wildman–Crippen LogP) is 2.21. The number of phenolic OH excluding ortho intramolecular Hbond substituents is 1. The van der Waals surface area contributed by atoms with E-state index in [1.807, 2.05) is 31.2 Å². The van der Waals surface area contributed by atoms with Crippen LogP contribution in [0.2, 0.25) is 0 Å². The van der Waals surface area contributed by atoms with Gasteiger partial charge in [-0.3, -0.25) is 4.79 Å². The number of nitrogens with one attached hydrogen (secondary N) is 1. The summed E-state index contributed by atoms with van der Waals surface area (Å²) in [6.45, 7) is 2.42. The van der Waals surface area contributed by atoms with E-state index in [9.17, 15) is 9.90 Å². The minimum Gasteiger partial charge on any atom is -0.508 e. The van der Waals surface area contributed by atoms with Crippen LogP contribution in [0.3, 0.4) is 0 Å². The summed E-state index contributed by atoms with van der Waals surface area (Å²) in [5, 5.41) is 12.2. The molecule has 0 bridgehead atoms. The number of rotatable bonds is 3. The first-order chi connectivity index (χ1) is 9.06. The molecule has 4 nitrogen and oxygen atoms in total. The molecular formula is C15H16N2O2. The monoisotopic (exact) mass is 256 g/mol. The summed E-state index contributed by atoms with van der Waals surface area (Å²) in [7, 11) is 0. The molecule has 0 saturated carbocycles. The number of amides is 1. The highest BCUT2D eigenvalue weighted by atomic mass is 16.3. The zero-order chi connectivity index (χ0) is 13.8. The van der Waals surface area contributed by atoms with E-state index in [-0.39, 0.29) is 17.2 Å². The number of aryl methyl sites for hydroxylation is 1. The fraction of sp³-hybridized carbons (Fsp3) is 0.133. The van der Waals surface area contributed by atoms with Gasteiger partial charge < -0.3 is 16.2 Å². The van der Waals surface area contributed by atoms with Crippen molar-refractivity contribution < 1.29 is 9.90 Å². The third-order valence-electron chi connectivity index (χ3n) is 2.82. The Morgan fingerprint density at radius 1 is 1.26 bits per heavy atom. The van der Waals surface area contributed by atoms with Crippen LogP contribution in [0.25, 0.3) is 0 Å². The first-order valence-electron chi connectivity index (χ1n) is 5.98. The third-order valence-corrected chi connectivity index (χ3v) is 2.82. The maximum absolute atomic E-state index is 12.0. The van der Waals surface area contributed by atoms with E-state index in [2.05, 4.69) is 5.32 Å². The van der Waals surface area contributed by atoms with Crippen molar-refractivity contribution in [3.63, 3.8) is 0 Å². The van der Waals surface area contributed by atoms with Crippen LogP contribution in [0, 0.1) is 6.92 Å². The van der Waals surface area contributed by atoms with Gasteiger partial charge in [0.1, 0.15) is 5.75 Å². The van der Waals surface area contributed by atoms with E-state index in [4.69, 9.17) is 5.73 Å². The van der Waals surface area contributed by atoms with Crippen LogP contribution in [-0.2, 0) is 6.54 Å². The van der Waals surface area contributed by atoms with E-state index < -0.39 is 0 Å². The molecular weight excluding hydrogens is 240 g/mol. The molecule has 0 radical (unpaired) electrons. The molecule has 2 aromatic carbocycles. The molecule has 2 rings (SSSR count). The Morgan fingerprint density at radius 3 is 2.79 bits per heavy atom.